The van der Waals surface area contributed by atoms with Crippen LogP contribution in [0.3, 0.4) is 0 Å². The summed E-state index contributed by atoms with van der Waals surface area (Å²) in [6, 6.07) is 12.5. The first-order valence-corrected chi connectivity index (χ1v) is 12.4. The van der Waals surface area contributed by atoms with Gasteiger partial charge in [0.25, 0.3) is 5.91 Å². The number of benzene rings is 2. The number of amides is 1. The molecular weight excluding hydrogens is 433 g/mol. The number of hydrogen-bond donors (Lipinski definition) is 1. The molecule has 1 unspecified atom stereocenters. The highest BCUT2D eigenvalue weighted by Gasteiger charge is 2.31. The Morgan fingerprint density at radius 3 is 2.53 bits per heavy atom. The third-order valence-electron chi connectivity index (χ3n) is 7.01. The quantitative estimate of drug-likeness (QED) is 0.584. The summed E-state index contributed by atoms with van der Waals surface area (Å²) in [7, 11) is 1.67. The second-order valence-electron chi connectivity index (χ2n) is 9.38. The van der Waals surface area contributed by atoms with Crippen molar-refractivity contribution in [1.82, 2.24) is 4.90 Å². The van der Waals surface area contributed by atoms with Crippen molar-refractivity contribution in [1.29, 1.82) is 0 Å². The van der Waals surface area contributed by atoms with E-state index in [1.54, 1.807) is 37.4 Å². The van der Waals surface area contributed by atoms with Crippen LogP contribution in [-0.4, -0.2) is 67.9 Å². The van der Waals surface area contributed by atoms with Crippen molar-refractivity contribution in [3.63, 3.8) is 0 Å². The second kappa shape index (κ2) is 11.2. The molecule has 6 nitrogen and oxygen atoms in total. The lowest BCUT2D eigenvalue weighted by molar-refractivity contribution is 0.0653. The zero-order valence-corrected chi connectivity index (χ0v) is 20.3. The van der Waals surface area contributed by atoms with Gasteiger partial charge in [0, 0.05) is 50.5 Å². The predicted octanol–water partition coefficient (Wildman–Crippen LogP) is 4.32. The number of unbranched alkanes of at least 4 members (excludes halogenated alkanes) is 1. The van der Waals surface area contributed by atoms with Gasteiger partial charge in [0.2, 0.25) is 0 Å². The number of nitrogens with zero attached hydrogens (tertiary/aromatic N) is 3. The van der Waals surface area contributed by atoms with Crippen LogP contribution in [0.2, 0.25) is 0 Å². The molecule has 2 aliphatic rings. The Morgan fingerprint density at radius 1 is 1.12 bits per heavy atom. The monoisotopic (exact) mass is 469 g/mol. The van der Waals surface area contributed by atoms with Gasteiger partial charge in [0.15, 0.2) is 0 Å². The maximum absolute atomic E-state index is 15.1. The molecule has 4 rings (SSSR count). The van der Waals surface area contributed by atoms with Crippen molar-refractivity contribution >= 4 is 17.3 Å². The average Bonchev–Trinajstić information content (AvgIpc) is 3.34. The fourth-order valence-electron chi connectivity index (χ4n) is 4.81. The van der Waals surface area contributed by atoms with Gasteiger partial charge in [-0.3, -0.25) is 9.69 Å². The molecule has 0 aromatic heterocycles. The molecule has 2 heterocycles. The van der Waals surface area contributed by atoms with Gasteiger partial charge in [-0.2, -0.15) is 0 Å². The topological polar surface area (TPSA) is 56.2 Å². The fraction of sp³-hybridized carbons (Fsp3) is 0.519. The molecule has 1 amide bonds. The Balaban J connectivity index is 1.37. The summed E-state index contributed by atoms with van der Waals surface area (Å²) in [5.74, 6) is 0.236. The summed E-state index contributed by atoms with van der Waals surface area (Å²) in [6.07, 6.45) is 4.50. The van der Waals surface area contributed by atoms with E-state index in [4.69, 9.17) is 4.74 Å². The number of anilines is 2. The van der Waals surface area contributed by atoms with Crippen LogP contribution in [0.1, 0.15) is 49.4 Å². The van der Waals surface area contributed by atoms with E-state index in [2.05, 4.69) is 16.7 Å². The molecule has 0 aliphatic carbocycles. The van der Waals surface area contributed by atoms with E-state index in [1.165, 1.54) is 11.0 Å². The molecule has 2 saturated heterocycles. The number of halogens is 1. The Bertz CT molecular complexity index is 960. The zero-order chi connectivity index (χ0) is 24.1. The number of likely N-dealkylation sites (tertiary alicyclic amines) is 1. The molecule has 0 bridgehead atoms. The summed E-state index contributed by atoms with van der Waals surface area (Å²) in [6.45, 7) is 6.17. The zero-order valence-electron chi connectivity index (χ0n) is 20.3. The highest BCUT2D eigenvalue weighted by Crippen LogP contribution is 2.30. The van der Waals surface area contributed by atoms with Crippen molar-refractivity contribution in [3.05, 3.63) is 53.8 Å². The van der Waals surface area contributed by atoms with E-state index in [9.17, 15) is 9.90 Å². The van der Waals surface area contributed by atoms with Crippen LogP contribution in [0, 0.1) is 5.82 Å². The van der Waals surface area contributed by atoms with Crippen molar-refractivity contribution < 1.29 is 19.0 Å². The van der Waals surface area contributed by atoms with Gasteiger partial charge in [0.1, 0.15) is 11.6 Å². The predicted molar refractivity (Wildman–Crippen MR) is 133 cm³/mol. The number of aliphatic hydroxyl groups excluding tert-OH is 1. The number of ether oxygens (including phenoxy) is 1. The van der Waals surface area contributed by atoms with E-state index in [0.29, 0.717) is 29.6 Å². The van der Waals surface area contributed by atoms with Crippen LogP contribution < -0.4 is 14.5 Å². The molecule has 0 spiro atoms. The van der Waals surface area contributed by atoms with E-state index in [-0.39, 0.29) is 17.8 Å². The molecule has 2 aromatic rings. The smallest absolute Gasteiger partial charge is 0.258 e. The Hall–Kier alpha value is -2.64. The highest BCUT2D eigenvalue weighted by molar-refractivity contribution is 6.05. The Morgan fingerprint density at radius 2 is 1.85 bits per heavy atom. The molecule has 1 N–H and O–H groups in total. The van der Waals surface area contributed by atoms with E-state index >= 15 is 4.39 Å². The van der Waals surface area contributed by atoms with E-state index in [0.717, 1.165) is 64.0 Å². The highest BCUT2D eigenvalue weighted by atomic mass is 19.1. The third kappa shape index (κ3) is 5.70. The van der Waals surface area contributed by atoms with Gasteiger partial charge in [-0.15, -0.1) is 0 Å². The average molecular weight is 470 g/mol. The van der Waals surface area contributed by atoms with Crippen LogP contribution >= 0.6 is 0 Å². The minimum absolute atomic E-state index is 0.185. The number of aliphatic hydroxyl groups is 1. The standard InChI is InChI=1S/C27H36FN3O3/c1-3-4-17-34-24-8-5-20(6-9-24)27(33)29(2)21-7-10-26(25(28)18-21)31-14-11-22(19-31)30-15-12-23(32)13-16-30/h5-10,18,22-23,32H,3-4,11-17,19H2,1-2H3. The lowest BCUT2D eigenvalue weighted by Gasteiger charge is -2.34. The summed E-state index contributed by atoms with van der Waals surface area (Å²) >= 11 is 0. The van der Waals surface area contributed by atoms with Crippen LogP contribution in [0.25, 0.3) is 0 Å². The molecule has 7 heteroatoms. The van der Waals surface area contributed by atoms with Crippen LogP contribution in [0.15, 0.2) is 42.5 Å². The fourth-order valence-corrected chi connectivity index (χ4v) is 4.81. The number of carbonyl (C=O) groups is 1. The molecule has 184 valence electrons. The molecule has 2 fully saturated rings. The van der Waals surface area contributed by atoms with Gasteiger partial charge in [-0.05, 0) is 68.1 Å². The third-order valence-corrected chi connectivity index (χ3v) is 7.01. The van der Waals surface area contributed by atoms with Crippen molar-refractivity contribution in [2.45, 2.75) is 51.2 Å². The SMILES string of the molecule is CCCCOc1ccc(C(=O)N(C)c2ccc(N3CCC(N4CCC(O)CC4)C3)c(F)c2)cc1. The van der Waals surface area contributed by atoms with Gasteiger partial charge in [-0.25, -0.2) is 4.39 Å². The summed E-state index contributed by atoms with van der Waals surface area (Å²) in [5, 5.41) is 9.75. The molecule has 0 radical (unpaired) electrons. The van der Waals surface area contributed by atoms with Gasteiger partial charge >= 0.3 is 0 Å². The number of rotatable bonds is 8. The van der Waals surface area contributed by atoms with Crippen molar-refractivity contribution in [2.24, 2.45) is 0 Å². The minimum atomic E-state index is -0.313. The van der Waals surface area contributed by atoms with Crippen molar-refractivity contribution in [2.75, 3.05) is 49.6 Å². The van der Waals surface area contributed by atoms with Crippen LogP contribution in [0.4, 0.5) is 15.8 Å². The molecule has 2 aliphatic heterocycles. The maximum Gasteiger partial charge on any atom is 0.258 e. The number of carbonyl (C=O) groups excluding carboxylic acids is 1. The molecule has 2 aromatic carbocycles. The Kier molecular flexibility index (Phi) is 8.06. The summed E-state index contributed by atoms with van der Waals surface area (Å²) < 4.78 is 20.8. The minimum Gasteiger partial charge on any atom is -0.494 e. The first kappa shape index (κ1) is 24.5. The molecular formula is C27H36FN3O3. The van der Waals surface area contributed by atoms with E-state index < -0.39 is 0 Å². The molecule has 34 heavy (non-hydrogen) atoms. The lowest BCUT2D eigenvalue weighted by atomic mass is 10.1. The Labute approximate surface area is 201 Å². The van der Waals surface area contributed by atoms with Crippen molar-refractivity contribution in [3.8, 4) is 5.75 Å². The van der Waals surface area contributed by atoms with Gasteiger partial charge in [-0.1, -0.05) is 13.3 Å². The molecule has 0 saturated carbocycles. The van der Waals surface area contributed by atoms with Crippen LogP contribution in [0.5, 0.6) is 5.75 Å². The lowest BCUT2D eigenvalue weighted by Crippen LogP contribution is -2.44. The molecule has 1 atom stereocenters. The van der Waals surface area contributed by atoms with Crippen LogP contribution in [-0.2, 0) is 0 Å². The first-order valence-electron chi connectivity index (χ1n) is 12.4. The summed E-state index contributed by atoms with van der Waals surface area (Å²) in [4.78, 5) is 18.9. The second-order valence-corrected chi connectivity index (χ2v) is 9.38. The normalized spacial score (nSPS) is 19.4. The number of piperidine rings is 1. The van der Waals surface area contributed by atoms with E-state index in [1.807, 2.05) is 6.07 Å². The van der Waals surface area contributed by atoms with Gasteiger partial charge < -0.3 is 19.6 Å². The number of hydrogen-bond acceptors (Lipinski definition) is 5. The maximum atomic E-state index is 15.1. The summed E-state index contributed by atoms with van der Waals surface area (Å²) in [5.41, 5.74) is 1.64. The largest absolute Gasteiger partial charge is 0.494 e. The van der Waals surface area contributed by atoms with Gasteiger partial charge in [0.05, 0.1) is 18.4 Å². The first-order chi connectivity index (χ1) is 16.5.